The number of benzene rings is 3. The van der Waals surface area contributed by atoms with Gasteiger partial charge in [-0.15, -0.1) is 0 Å². The first-order chi connectivity index (χ1) is 15.5. The van der Waals surface area contributed by atoms with Crippen LogP contribution >= 0.6 is 11.6 Å². The van der Waals surface area contributed by atoms with E-state index in [1.54, 1.807) is 30.5 Å². The Bertz CT molecular complexity index is 1250. The van der Waals surface area contributed by atoms with Crippen molar-refractivity contribution in [3.8, 4) is 11.1 Å². The normalized spacial score (nSPS) is 10.6. The molecule has 2 N–H and O–H groups in total. The van der Waals surface area contributed by atoms with Gasteiger partial charge in [-0.1, -0.05) is 54.1 Å². The van der Waals surface area contributed by atoms with Gasteiger partial charge in [-0.05, 0) is 47.0 Å². The van der Waals surface area contributed by atoms with Crippen LogP contribution in [0.4, 0.5) is 11.4 Å². The number of amides is 2. The number of carbonyl (C=O) groups is 2. The van der Waals surface area contributed by atoms with Gasteiger partial charge in [0.2, 0.25) is 5.91 Å². The third kappa shape index (κ3) is 5.04. The molecule has 0 saturated heterocycles. The van der Waals surface area contributed by atoms with E-state index < -0.39 is 0 Å². The molecule has 2 amide bonds. The van der Waals surface area contributed by atoms with E-state index in [9.17, 15) is 9.59 Å². The number of halogens is 1. The SMILES string of the molecule is CC(=O)Nc1ccc(NC(=O)c2ccccc2-c2ccc(Cn3cccn3)cc2)c(Cl)c1. The fourth-order valence-electron chi connectivity index (χ4n) is 3.39. The molecular weight excluding hydrogens is 424 g/mol. The first-order valence-electron chi connectivity index (χ1n) is 10.0. The average molecular weight is 445 g/mol. The zero-order chi connectivity index (χ0) is 22.5. The third-order valence-corrected chi connectivity index (χ3v) is 5.19. The molecule has 0 fully saturated rings. The highest BCUT2D eigenvalue weighted by atomic mass is 35.5. The molecule has 0 atom stereocenters. The molecule has 32 heavy (non-hydrogen) atoms. The maximum atomic E-state index is 13.1. The van der Waals surface area contributed by atoms with E-state index in [-0.39, 0.29) is 11.8 Å². The molecule has 6 nitrogen and oxygen atoms in total. The minimum atomic E-state index is -0.268. The molecule has 0 saturated carbocycles. The van der Waals surface area contributed by atoms with Gasteiger partial charge in [0.25, 0.3) is 5.91 Å². The van der Waals surface area contributed by atoms with Gasteiger partial charge < -0.3 is 10.6 Å². The average Bonchev–Trinajstić information content (AvgIpc) is 3.29. The molecular formula is C25H21ClN4O2. The second-order valence-corrected chi connectivity index (χ2v) is 7.68. The maximum Gasteiger partial charge on any atom is 0.256 e. The largest absolute Gasteiger partial charge is 0.326 e. The van der Waals surface area contributed by atoms with E-state index in [4.69, 9.17) is 11.6 Å². The summed E-state index contributed by atoms with van der Waals surface area (Å²) in [5.74, 6) is -0.460. The lowest BCUT2D eigenvalue weighted by Crippen LogP contribution is -2.14. The summed E-state index contributed by atoms with van der Waals surface area (Å²) in [6, 6.07) is 22.3. The highest BCUT2D eigenvalue weighted by Gasteiger charge is 2.14. The quantitative estimate of drug-likeness (QED) is 0.414. The van der Waals surface area contributed by atoms with Crippen LogP contribution in [-0.4, -0.2) is 21.6 Å². The number of nitrogens with zero attached hydrogens (tertiary/aromatic N) is 2. The summed E-state index contributed by atoms with van der Waals surface area (Å²) in [6.45, 7) is 2.10. The molecule has 7 heteroatoms. The molecule has 0 bridgehead atoms. The van der Waals surface area contributed by atoms with Crippen molar-refractivity contribution in [3.63, 3.8) is 0 Å². The minimum absolute atomic E-state index is 0.192. The lowest BCUT2D eigenvalue weighted by atomic mass is 9.98. The Hall–Kier alpha value is -3.90. The summed E-state index contributed by atoms with van der Waals surface area (Å²) in [4.78, 5) is 24.3. The van der Waals surface area contributed by atoms with Crippen LogP contribution in [0.5, 0.6) is 0 Å². The number of hydrogen-bond donors (Lipinski definition) is 2. The predicted octanol–water partition coefficient (Wildman–Crippen LogP) is 5.46. The summed E-state index contributed by atoms with van der Waals surface area (Å²) in [5.41, 5.74) is 4.44. The lowest BCUT2D eigenvalue weighted by molar-refractivity contribution is -0.114. The molecule has 0 radical (unpaired) electrons. The Labute approximate surface area is 190 Å². The minimum Gasteiger partial charge on any atom is -0.326 e. The molecule has 0 spiro atoms. The molecule has 0 aliphatic rings. The van der Waals surface area contributed by atoms with E-state index in [0.717, 1.165) is 16.7 Å². The fourth-order valence-corrected chi connectivity index (χ4v) is 3.62. The highest BCUT2D eigenvalue weighted by molar-refractivity contribution is 6.34. The topological polar surface area (TPSA) is 76.0 Å². The Balaban J connectivity index is 1.54. The molecule has 4 aromatic rings. The van der Waals surface area contributed by atoms with Crippen LogP contribution in [0.1, 0.15) is 22.8 Å². The van der Waals surface area contributed by atoms with Crippen molar-refractivity contribution in [2.24, 2.45) is 0 Å². The molecule has 0 unspecified atom stereocenters. The molecule has 1 heterocycles. The molecule has 0 aliphatic carbocycles. The van der Waals surface area contributed by atoms with Crippen molar-refractivity contribution in [2.75, 3.05) is 10.6 Å². The second-order valence-electron chi connectivity index (χ2n) is 7.28. The van der Waals surface area contributed by atoms with Crippen LogP contribution in [0.15, 0.2) is 85.2 Å². The van der Waals surface area contributed by atoms with E-state index in [1.165, 1.54) is 6.92 Å². The van der Waals surface area contributed by atoms with Crippen molar-refractivity contribution in [1.82, 2.24) is 9.78 Å². The number of hydrogen-bond acceptors (Lipinski definition) is 3. The highest BCUT2D eigenvalue weighted by Crippen LogP contribution is 2.28. The number of nitrogens with one attached hydrogen (secondary N) is 2. The van der Waals surface area contributed by atoms with Crippen LogP contribution in [0.3, 0.4) is 0 Å². The Morgan fingerprint density at radius 3 is 2.44 bits per heavy atom. The van der Waals surface area contributed by atoms with Crippen molar-refractivity contribution >= 4 is 34.8 Å². The van der Waals surface area contributed by atoms with Gasteiger partial charge in [-0.2, -0.15) is 5.10 Å². The van der Waals surface area contributed by atoms with Crippen molar-refractivity contribution < 1.29 is 9.59 Å². The first-order valence-corrected chi connectivity index (χ1v) is 10.4. The second kappa shape index (κ2) is 9.49. The van der Waals surface area contributed by atoms with Gasteiger partial charge in [-0.3, -0.25) is 14.3 Å². The Kier molecular flexibility index (Phi) is 6.33. The predicted molar refractivity (Wildman–Crippen MR) is 127 cm³/mol. The maximum absolute atomic E-state index is 13.1. The van der Waals surface area contributed by atoms with E-state index >= 15 is 0 Å². The van der Waals surface area contributed by atoms with Crippen LogP contribution in [0.2, 0.25) is 5.02 Å². The summed E-state index contributed by atoms with van der Waals surface area (Å²) in [5, 5.41) is 10.1. The summed E-state index contributed by atoms with van der Waals surface area (Å²) in [7, 11) is 0. The van der Waals surface area contributed by atoms with E-state index in [0.29, 0.717) is 28.5 Å². The summed E-state index contributed by atoms with van der Waals surface area (Å²) in [6.07, 6.45) is 3.67. The Morgan fingerprint density at radius 1 is 0.969 bits per heavy atom. The number of anilines is 2. The Morgan fingerprint density at radius 2 is 1.75 bits per heavy atom. The van der Waals surface area contributed by atoms with Gasteiger partial charge in [0.15, 0.2) is 0 Å². The zero-order valence-corrected chi connectivity index (χ0v) is 18.1. The standard InChI is InChI=1S/C25H21ClN4O2/c1-17(31)28-20-11-12-24(23(26)15-20)29-25(32)22-6-3-2-5-21(22)19-9-7-18(8-10-19)16-30-14-4-13-27-30/h2-15H,16H2,1H3,(H,28,31)(H,29,32). The molecule has 160 valence electrons. The number of rotatable bonds is 6. The van der Waals surface area contributed by atoms with E-state index in [1.807, 2.05) is 59.4 Å². The van der Waals surface area contributed by atoms with Gasteiger partial charge in [0.1, 0.15) is 0 Å². The molecule has 0 aliphatic heterocycles. The van der Waals surface area contributed by atoms with Gasteiger partial charge in [-0.25, -0.2) is 0 Å². The van der Waals surface area contributed by atoms with Crippen molar-refractivity contribution in [1.29, 1.82) is 0 Å². The lowest BCUT2D eigenvalue weighted by Gasteiger charge is -2.13. The zero-order valence-electron chi connectivity index (χ0n) is 17.4. The first kappa shape index (κ1) is 21.3. The van der Waals surface area contributed by atoms with E-state index in [2.05, 4.69) is 15.7 Å². The van der Waals surface area contributed by atoms with Crippen molar-refractivity contribution in [2.45, 2.75) is 13.5 Å². The van der Waals surface area contributed by atoms with Crippen LogP contribution in [-0.2, 0) is 11.3 Å². The van der Waals surface area contributed by atoms with Crippen LogP contribution < -0.4 is 10.6 Å². The van der Waals surface area contributed by atoms with Crippen LogP contribution in [0, 0.1) is 0 Å². The summed E-state index contributed by atoms with van der Waals surface area (Å²) < 4.78 is 1.86. The summed E-state index contributed by atoms with van der Waals surface area (Å²) >= 11 is 6.30. The van der Waals surface area contributed by atoms with Gasteiger partial charge in [0.05, 0.1) is 17.3 Å². The monoisotopic (exact) mass is 444 g/mol. The molecule has 3 aromatic carbocycles. The number of aromatic nitrogens is 2. The van der Waals surface area contributed by atoms with Gasteiger partial charge in [0, 0.05) is 30.6 Å². The van der Waals surface area contributed by atoms with Crippen molar-refractivity contribution in [3.05, 3.63) is 101 Å². The third-order valence-electron chi connectivity index (χ3n) is 4.88. The van der Waals surface area contributed by atoms with Gasteiger partial charge >= 0.3 is 0 Å². The smallest absolute Gasteiger partial charge is 0.256 e. The molecule has 1 aromatic heterocycles. The molecule has 4 rings (SSSR count). The number of carbonyl (C=O) groups excluding carboxylic acids is 2. The van der Waals surface area contributed by atoms with Crippen LogP contribution in [0.25, 0.3) is 11.1 Å². The fraction of sp³-hybridized carbons (Fsp3) is 0.0800.